The molecule has 0 saturated carbocycles. The standard InChI is InChI=1S/C28H25N/c1-20(29-2)21-16-18-23(19-17-21)28(22-10-4-3-5-11-22)26-14-8-6-12-24(26)25-13-7-9-15-27(25)28/h3-20,29H,1-2H3. The third kappa shape index (κ3) is 2.58. The van der Waals surface area contributed by atoms with Gasteiger partial charge >= 0.3 is 0 Å². The SMILES string of the molecule is CNC(C)c1ccc(C2(c3ccccc3)c3ccccc3-c3ccccc32)cc1. The minimum Gasteiger partial charge on any atom is -0.313 e. The van der Waals surface area contributed by atoms with Crippen LogP contribution in [0.5, 0.6) is 0 Å². The van der Waals surface area contributed by atoms with Gasteiger partial charge in [-0.1, -0.05) is 103 Å². The van der Waals surface area contributed by atoms with Crippen LogP contribution >= 0.6 is 0 Å². The van der Waals surface area contributed by atoms with Gasteiger partial charge in [-0.25, -0.2) is 0 Å². The second-order valence-corrected chi connectivity index (χ2v) is 7.84. The molecule has 0 amide bonds. The van der Waals surface area contributed by atoms with Crippen molar-refractivity contribution in [1.29, 1.82) is 0 Å². The summed E-state index contributed by atoms with van der Waals surface area (Å²) in [5, 5.41) is 3.34. The van der Waals surface area contributed by atoms with E-state index < -0.39 is 0 Å². The Morgan fingerprint density at radius 1 is 0.586 bits per heavy atom. The lowest BCUT2D eigenvalue weighted by molar-refractivity contribution is 0.651. The van der Waals surface area contributed by atoms with Crippen molar-refractivity contribution in [1.82, 2.24) is 5.32 Å². The molecule has 4 aromatic rings. The molecule has 29 heavy (non-hydrogen) atoms. The maximum Gasteiger partial charge on any atom is 0.0713 e. The third-order valence-corrected chi connectivity index (χ3v) is 6.44. The van der Waals surface area contributed by atoms with Gasteiger partial charge in [0.05, 0.1) is 5.41 Å². The summed E-state index contributed by atoms with van der Waals surface area (Å²) < 4.78 is 0. The summed E-state index contributed by atoms with van der Waals surface area (Å²) in [7, 11) is 2.01. The molecule has 0 spiro atoms. The predicted molar refractivity (Wildman–Crippen MR) is 121 cm³/mol. The van der Waals surface area contributed by atoms with Gasteiger partial charge < -0.3 is 5.32 Å². The second-order valence-electron chi connectivity index (χ2n) is 7.84. The highest BCUT2D eigenvalue weighted by atomic mass is 14.8. The van der Waals surface area contributed by atoms with E-state index in [0.29, 0.717) is 6.04 Å². The summed E-state index contributed by atoms with van der Waals surface area (Å²) in [6, 6.07) is 38.2. The highest BCUT2D eigenvalue weighted by Crippen LogP contribution is 2.55. The Morgan fingerprint density at radius 2 is 1.07 bits per heavy atom. The second kappa shape index (κ2) is 7.02. The smallest absolute Gasteiger partial charge is 0.0713 e. The molecule has 4 aromatic carbocycles. The first-order chi connectivity index (χ1) is 14.3. The molecule has 5 rings (SSSR count). The first-order valence-electron chi connectivity index (χ1n) is 10.3. The van der Waals surface area contributed by atoms with E-state index in [0.717, 1.165) is 0 Å². The normalized spacial score (nSPS) is 14.8. The van der Waals surface area contributed by atoms with Gasteiger partial charge in [-0.05, 0) is 52.9 Å². The quantitative estimate of drug-likeness (QED) is 0.387. The van der Waals surface area contributed by atoms with E-state index in [1.165, 1.54) is 38.9 Å². The van der Waals surface area contributed by atoms with Crippen molar-refractivity contribution in [2.45, 2.75) is 18.4 Å². The van der Waals surface area contributed by atoms with Gasteiger partial charge in [0.15, 0.2) is 0 Å². The van der Waals surface area contributed by atoms with Gasteiger partial charge in [-0.2, -0.15) is 0 Å². The van der Waals surface area contributed by atoms with E-state index in [1.807, 2.05) is 7.05 Å². The summed E-state index contributed by atoms with van der Waals surface area (Å²) in [4.78, 5) is 0. The van der Waals surface area contributed by atoms with Crippen molar-refractivity contribution in [2.75, 3.05) is 7.05 Å². The van der Waals surface area contributed by atoms with Gasteiger partial charge in [0, 0.05) is 6.04 Å². The molecule has 0 radical (unpaired) electrons. The Labute approximate surface area is 173 Å². The Balaban J connectivity index is 1.85. The minimum atomic E-state index is -0.296. The molecule has 0 heterocycles. The molecule has 0 aromatic heterocycles. The van der Waals surface area contributed by atoms with Crippen molar-refractivity contribution in [3.05, 3.63) is 131 Å². The molecular weight excluding hydrogens is 350 g/mol. The maximum atomic E-state index is 3.34. The molecule has 0 bridgehead atoms. The zero-order chi connectivity index (χ0) is 19.8. The van der Waals surface area contributed by atoms with Crippen LogP contribution in [0.25, 0.3) is 11.1 Å². The van der Waals surface area contributed by atoms with E-state index in [-0.39, 0.29) is 5.41 Å². The monoisotopic (exact) mass is 375 g/mol. The maximum absolute atomic E-state index is 3.34. The highest BCUT2D eigenvalue weighted by molar-refractivity contribution is 5.86. The van der Waals surface area contributed by atoms with E-state index in [9.17, 15) is 0 Å². The highest BCUT2D eigenvalue weighted by Gasteiger charge is 2.45. The molecule has 1 heteroatoms. The van der Waals surface area contributed by atoms with E-state index in [4.69, 9.17) is 0 Å². The Morgan fingerprint density at radius 3 is 1.62 bits per heavy atom. The van der Waals surface area contributed by atoms with Gasteiger partial charge in [0.1, 0.15) is 0 Å². The summed E-state index contributed by atoms with van der Waals surface area (Å²) >= 11 is 0. The van der Waals surface area contributed by atoms with Crippen LogP contribution in [0.3, 0.4) is 0 Å². The summed E-state index contributed by atoms with van der Waals surface area (Å²) in [6.07, 6.45) is 0. The fourth-order valence-electron chi connectivity index (χ4n) is 4.90. The molecule has 1 unspecified atom stereocenters. The van der Waals surface area contributed by atoms with E-state index in [2.05, 4.69) is 115 Å². The van der Waals surface area contributed by atoms with Crippen molar-refractivity contribution in [3.8, 4) is 11.1 Å². The summed E-state index contributed by atoms with van der Waals surface area (Å²) in [5.41, 5.74) is 9.03. The lowest BCUT2D eigenvalue weighted by Crippen LogP contribution is -2.28. The van der Waals surface area contributed by atoms with Gasteiger partial charge in [0.25, 0.3) is 0 Å². The van der Waals surface area contributed by atoms with Gasteiger partial charge in [-0.3, -0.25) is 0 Å². The van der Waals surface area contributed by atoms with Crippen LogP contribution in [-0.4, -0.2) is 7.05 Å². The van der Waals surface area contributed by atoms with Crippen molar-refractivity contribution in [2.24, 2.45) is 0 Å². The van der Waals surface area contributed by atoms with E-state index in [1.54, 1.807) is 0 Å². The molecule has 1 N–H and O–H groups in total. The Hall–Kier alpha value is -3.16. The number of hydrogen-bond acceptors (Lipinski definition) is 1. The Kier molecular flexibility index (Phi) is 4.34. The molecular formula is C28H25N. The lowest BCUT2D eigenvalue weighted by atomic mass is 9.67. The van der Waals surface area contributed by atoms with Crippen molar-refractivity contribution in [3.63, 3.8) is 0 Å². The fourth-order valence-corrected chi connectivity index (χ4v) is 4.90. The van der Waals surface area contributed by atoms with Crippen LogP contribution in [-0.2, 0) is 5.41 Å². The number of benzene rings is 4. The molecule has 0 fully saturated rings. The molecule has 1 aliphatic carbocycles. The first-order valence-corrected chi connectivity index (χ1v) is 10.3. The topological polar surface area (TPSA) is 12.0 Å². The molecule has 0 saturated heterocycles. The number of fused-ring (bicyclic) bond motifs is 3. The predicted octanol–water partition coefficient (Wildman–Crippen LogP) is 6.33. The van der Waals surface area contributed by atoms with Crippen LogP contribution in [0.15, 0.2) is 103 Å². The van der Waals surface area contributed by atoms with Crippen LogP contribution in [0, 0.1) is 0 Å². The van der Waals surface area contributed by atoms with Crippen LogP contribution in [0.4, 0.5) is 0 Å². The summed E-state index contributed by atoms with van der Waals surface area (Å²) in [6.45, 7) is 2.20. The minimum absolute atomic E-state index is 0.296. The zero-order valence-corrected chi connectivity index (χ0v) is 16.9. The molecule has 1 nitrogen and oxygen atoms in total. The third-order valence-electron chi connectivity index (χ3n) is 6.44. The first kappa shape index (κ1) is 17.9. The average molecular weight is 376 g/mol. The van der Waals surface area contributed by atoms with Gasteiger partial charge in [0.2, 0.25) is 0 Å². The Bertz CT molecular complexity index is 1100. The lowest BCUT2D eigenvalue weighted by Gasteiger charge is -2.34. The number of nitrogens with one attached hydrogen (secondary N) is 1. The number of hydrogen-bond donors (Lipinski definition) is 1. The van der Waals surface area contributed by atoms with Crippen LogP contribution in [0.2, 0.25) is 0 Å². The average Bonchev–Trinajstić information content (AvgIpc) is 3.11. The van der Waals surface area contributed by atoms with Crippen LogP contribution < -0.4 is 5.32 Å². The van der Waals surface area contributed by atoms with Crippen LogP contribution in [0.1, 0.15) is 40.8 Å². The van der Waals surface area contributed by atoms with Gasteiger partial charge in [-0.15, -0.1) is 0 Å². The zero-order valence-electron chi connectivity index (χ0n) is 16.9. The fraction of sp³-hybridized carbons (Fsp3) is 0.143. The van der Waals surface area contributed by atoms with E-state index >= 15 is 0 Å². The molecule has 1 aliphatic rings. The summed E-state index contributed by atoms with van der Waals surface area (Å²) in [5.74, 6) is 0. The molecule has 0 aliphatic heterocycles. The van der Waals surface area contributed by atoms with Crippen molar-refractivity contribution >= 4 is 0 Å². The molecule has 142 valence electrons. The number of rotatable bonds is 4. The molecule has 1 atom stereocenters. The largest absolute Gasteiger partial charge is 0.313 e. The van der Waals surface area contributed by atoms with Crippen molar-refractivity contribution < 1.29 is 0 Å².